The highest BCUT2D eigenvalue weighted by Crippen LogP contribution is 2.22. The predicted molar refractivity (Wildman–Crippen MR) is 122 cm³/mol. The Labute approximate surface area is 179 Å². The van der Waals surface area contributed by atoms with Crippen molar-refractivity contribution in [2.45, 2.75) is 44.0 Å². The van der Waals surface area contributed by atoms with Crippen molar-refractivity contribution in [1.82, 2.24) is 4.72 Å². The van der Waals surface area contributed by atoms with Gasteiger partial charge in [-0.25, -0.2) is 13.1 Å². The molecule has 1 aliphatic rings. The lowest BCUT2D eigenvalue weighted by atomic mass is 10.1. The van der Waals surface area contributed by atoms with Crippen LogP contribution in [-0.2, 0) is 14.8 Å². The number of carbonyl (C=O) groups is 1. The fourth-order valence-corrected chi connectivity index (χ4v) is 4.65. The van der Waals surface area contributed by atoms with Gasteiger partial charge in [-0.1, -0.05) is 12.1 Å². The summed E-state index contributed by atoms with van der Waals surface area (Å²) in [6.45, 7) is 5.72. The number of sulfonamides is 1. The number of hydrogen-bond donors (Lipinski definition) is 2. The molecule has 6 nitrogen and oxygen atoms in total. The van der Waals surface area contributed by atoms with Gasteiger partial charge in [0, 0.05) is 36.6 Å². The third-order valence-corrected chi connectivity index (χ3v) is 6.54. The molecule has 3 rings (SSSR count). The first-order valence-electron chi connectivity index (χ1n) is 10.3. The molecule has 0 unspecified atom stereocenters. The van der Waals surface area contributed by atoms with E-state index in [1.165, 1.54) is 43.2 Å². The molecule has 2 N–H and O–H groups in total. The summed E-state index contributed by atoms with van der Waals surface area (Å²) in [5, 5.41) is 2.85. The van der Waals surface area contributed by atoms with Gasteiger partial charge in [-0.15, -0.1) is 0 Å². The van der Waals surface area contributed by atoms with Gasteiger partial charge in [0.05, 0.1) is 4.90 Å². The van der Waals surface area contributed by atoms with Crippen molar-refractivity contribution in [3.63, 3.8) is 0 Å². The Morgan fingerprint density at radius 1 is 0.967 bits per heavy atom. The summed E-state index contributed by atoms with van der Waals surface area (Å²) in [4.78, 5) is 14.8. The fourth-order valence-electron chi connectivity index (χ4n) is 3.40. The number of amides is 1. The molecular weight excluding hydrogens is 398 g/mol. The molecule has 0 saturated carbocycles. The van der Waals surface area contributed by atoms with Crippen molar-refractivity contribution < 1.29 is 13.2 Å². The van der Waals surface area contributed by atoms with E-state index >= 15 is 0 Å². The number of rotatable bonds is 7. The van der Waals surface area contributed by atoms with Crippen molar-refractivity contribution in [2.75, 3.05) is 23.3 Å². The number of piperidine rings is 1. The summed E-state index contributed by atoms with van der Waals surface area (Å²) in [6.07, 6.45) is 6.84. The molecule has 0 radical (unpaired) electrons. The van der Waals surface area contributed by atoms with Crippen LogP contribution in [0, 0.1) is 0 Å². The van der Waals surface area contributed by atoms with E-state index in [1.807, 2.05) is 24.3 Å². The van der Waals surface area contributed by atoms with Crippen LogP contribution < -0.4 is 14.9 Å². The van der Waals surface area contributed by atoms with E-state index in [4.69, 9.17) is 0 Å². The number of hydrogen-bond acceptors (Lipinski definition) is 4. The van der Waals surface area contributed by atoms with E-state index in [2.05, 4.69) is 14.9 Å². The molecule has 1 aliphatic heterocycles. The number of benzene rings is 2. The molecule has 2 aromatic carbocycles. The minimum Gasteiger partial charge on any atom is -0.372 e. The quantitative estimate of drug-likeness (QED) is 0.655. The van der Waals surface area contributed by atoms with Gasteiger partial charge in [0.25, 0.3) is 0 Å². The van der Waals surface area contributed by atoms with E-state index in [-0.39, 0.29) is 16.8 Å². The maximum Gasteiger partial charge on any atom is 0.248 e. The highest BCUT2D eigenvalue weighted by atomic mass is 32.2. The molecule has 0 bridgehead atoms. The van der Waals surface area contributed by atoms with Gasteiger partial charge in [0.15, 0.2) is 0 Å². The second-order valence-electron chi connectivity index (χ2n) is 7.76. The molecule has 1 amide bonds. The van der Waals surface area contributed by atoms with Crippen LogP contribution in [0.3, 0.4) is 0 Å². The Kier molecular flexibility index (Phi) is 7.29. The largest absolute Gasteiger partial charge is 0.372 e. The van der Waals surface area contributed by atoms with Crippen LogP contribution in [0.15, 0.2) is 59.5 Å². The summed E-state index contributed by atoms with van der Waals surface area (Å²) in [5.74, 6) is -0.237. The topological polar surface area (TPSA) is 78.5 Å². The summed E-state index contributed by atoms with van der Waals surface area (Å²) in [6, 6.07) is 14.1. The first-order chi connectivity index (χ1) is 14.3. The van der Waals surface area contributed by atoms with Crippen LogP contribution in [0.5, 0.6) is 0 Å². The molecule has 1 heterocycles. The first kappa shape index (κ1) is 22.1. The zero-order valence-electron chi connectivity index (χ0n) is 17.5. The SMILES string of the molecule is CC(C)NS(=O)(=O)c1ccc(/C=C/C(=O)Nc2ccc(N3CCCCC3)cc2)cc1. The maximum atomic E-state index is 12.2. The van der Waals surface area contributed by atoms with Crippen molar-refractivity contribution in [1.29, 1.82) is 0 Å². The number of nitrogens with one attached hydrogen (secondary N) is 2. The molecule has 0 atom stereocenters. The lowest BCUT2D eigenvalue weighted by Crippen LogP contribution is -2.30. The van der Waals surface area contributed by atoms with Gasteiger partial charge in [-0.05, 0) is 81.1 Å². The van der Waals surface area contributed by atoms with Gasteiger partial charge in [0.1, 0.15) is 0 Å². The van der Waals surface area contributed by atoms with Crippen LogP contribution in [0.4, 0.5) is 11.4 Å². The average Bonchev–Trinajstić information content (AvgIpc) is 2.73. The zero-order chi connectivity index (χ0) is 21.6. The summed E-state index contributed by atoms with van der Waals surface area (Å²) >= 11 is 0. The van der Waals surface area contributed by atoms with E-state index < -0.39 is 10.0 Å². The standard InChI is InChI=1S/C23H29N3O3S/c1-18(2)25-30(28,29)22-13-6-19(7-14-22)8-15-23(27)24-20-9-11-21(12-10-20)26-16-4-3-5-17-26/h6-15,18,25H,3-5,16-17H2,1-2H3,(H,24,27)/b15-8+. The van der Waals surface area contributed by atoms with Gasteiger partial charge in [-0.3, -0.25) is 4.79 Å². The van der Waals surface area contributed by atoms with Crippen molar-refractivity contribution in [3.8, 4) is 0 Å². The monoisotopic (exact) mass is 427 g/mol. The molecule has 0 aliphatic carbocycles. The second-order valence-corrected chi connectivity index (χ2v) is 9.48. The lowest BCUT2D eigenvalue weighted by molar-refractivity contribution is -0.111. The molecule has 7 heteroatoms. The van der Waals surface area contributed by atoms with Gasteiger partial charge in [0.2, 0.25) is 15.9 Å². The van der Waals surface area contributed by atoms with E-state index in [0.717, 1.165) is 24.3 Å². The number of anilines is 2. The second kappa shape index (κ2) is 9.91. The van der Waals surface area contributed by atoms with E-state index in [1.54, 1.807) is 32.1 Å². The van der Waals surface area contributed by atoms with Crippen molar-refractivity contribution >= 4 is 33.4 Å². The molecule has 0 spiro atoms. The van der Waals surface area contributed by atoms with E-state index in [0.29, 0.717) is 0 Å². The molecule has 2 aromatic rings. The molecule has 1 saturated heterocycles. The molecule has 160 valence electrons. The predicted octanol–water partition coefficient (Wildman–Crippen LogP) is 4.02. The van der Waals surface area contributed by atoms with Crippen LogP contribution in [0.2, 0.25) is 0 Å². The van der Waals surface area contributed by atoms with Crippen LogP contribution in [0.1, 0.15) is 38.7 Å². The smallest absolute Gasteiger partial charge is 0.248 e. The van der Waals surface area contributed by atoms with Gasteiger partial charge in [-0.2, -0.15) is 0 Å². The highest BCUT2D eigenvalue weighted by molar-refractivity contribution is 7.89. The summed E-state index contributed by atoms with van der Waals surface area (Å²) < 4.78 is 26.8. The lowest BCUT2D eigenvalue weighted by Gasteiger charge is -2.28. The number of nitrogens with zero attached hydrogens (tertiary/aromatic N) is 1. The first-order valence-corrected chi connectivity index (χ1v) is 11.8. The van der Waals surface area contributed by atoms with Crippen LogP contribution in [0.25, 0.3) is 6.08 Å². The molecule has 0 aromatic heterocycles. The zero-order valence-corrected chi connectivity index (χ0v) is 18.3. The Bertz CT molecular complexity index is 975. The van der Waals surface area contributed by atoms with Gasteiger partial charge >= 0.3 is 0 Å². The maximum absolute atomic E-state index is 12.2. The number of carbonyl (C=O) groups excluding carboxylic acids is 1. The third-order valence-electron chi connectivity index (χ3n) is 4.86. The van der Waals surface area contributed by atoms with Gasteiger partial charge < -0.3 is 10.2 Å². The Morgan fingerprint density at radius 2 is 1.60 bits per heavy atom. The third kappa shape index (κ3) is 6.18. The average molecular weight is 428 g/mol. The van der Waals surface area contributed by atoms with Crippen molar-refractivity contribution in [2.24, 2.45) is 0 Å². The van der Waals surface area contributed by atoms with Crippen LogP contribution in [-0.4, -0.2) is 33.5 Å². The minimum atomic E-state index is -3.52. The normalized spacial score (nSPS) is 15.0. The van der Waals surface area contributed by atoms with Crippen molar-refractivity contribution in [3.05, 3.63) is 60.2 Å². The van der Waals surface area contributed by atoms with Crippen LogP contribution >= 0.6 is 0 Å². The molecular formula is C23H29N3O3S. The Morgan fingerprint density at radius 3 is 2.20 bits per heavy atom. The van der Waals surface area contributed by atoms with E-state index in [9.17, 15) is 13.2 Å². The Balaban J connectivity index is 1.56. The fraction of sp³-hybridized carbons (Fsp3) is 0.348. The minimum absolute atomic E-state index is 0.174. The molecule has 1 fully saturated rings. The summed E-state index contributed by atoms with van der Waals surface area (Å²) in [7, 11) is -3.52. The molecule has 30 heavy (non-hydrogen) atoms. The highest BCUT2D eigenvalue weighted by Gasteiger charge is 2.14. The summed E-state index contributed by atoms with van der Waals surface area (Å²) in [5.41, 5.74) is 2.67. The Hall–Kier alpha value is -2.64.